The number of hydrogen-bond donors (Lipinski definition) is 0. The second-order valence-electron chi connectivity index (χ2n) is 7.25. The summed E-state index contributed by atoms with van der Waals surface area (Å²) in [6, 6.07) is 8.67. The predicted octanol–water partition coefficient (Wildman–Crippen LogP) is 4.05. The lowest BCUT2D eigenvalue weighted by Gasteiger charge is -2.34. The van der Waals surface area contributed by atoms with Crippen molar-refractivity contribution in [3.63, 3.8) is 0 Å². The first-order valence-corrected chi connectivity index (χ1v) is 10.6. The molecule has 0 spiro atoms. The minimum atomic E-state index is -2.76. The molecule has 0 bridgehead atoms. The molecule has 1 saturated heterocycles. The quantitative estimate of drug-likeness (QED) is 0.565. The summed E-state index contributed by atoms with van der Waals surface area (Å²) in [5, 5.41) is 0.188. The van der Waals surface area contributed by atoms with Gasteiger partial charge in [-0.3, -0.25) is 0 Å². The minimum absolute atomic E-state index is 0.167. The second kappa shape index (κ2) is 8.41. The van der Waals surface area contributed by atoms with Crippen LogP contribution in [0, 0.1) is 5.82 Å². The molecule has 1 atom stereocenters. The second-order valence-corrected chi connectivity index (χ2v) is 8.61. The van der Waals surface area contributed by atoms with Crippen LogP contribution in [0.3, 0.4) is 0 Å². The standard InChI is InChI=1S/C21H22F3N3O2S/c1-25-7-9-26(10-8-25)19-12-15(4-6-20(19)29-2)30(28)27-13-17(21(23)24)16-5-3-14(22)11-18(16)27/h3-6,11-13,21H,7-10H2,1-2H3. The molecule has 0 radical (unpaired) electrons. The van der Waals surface area contributed by atoms with E-state index in [2.05, 4.69) is 16.8 Å². The van der Waals surface area contributed by atoms with E-state index >= 15 is 0 Å². The molecule has 4 rings (SSSR count). The van der Waals surface area contributed by atoms with Crippen LogP contribution in [0.25, 0.3) is 10.9 Å². The lowest BCUT2D eigenvalue weighted by Crippen LogP contribution is -2.44. The Labute approximate surface area is 175 Å². The number of anilines is 1. The average Bonchev–Trinajstić information content (AvgIpc) is 3.12. The summed E-state index contributed by atoms with van der Waals surface area (Å²) in [5.74, 6) is 0.0736. The molecule has 3 aromatic rings. The van der Waals surface area contributed by atoms with Crippen molar-refractivity contribution in [3.8, 4) is 5.75 Å². The maximum atomic E-state index is 13.8. The van der Waals surface area contributed by atoms with E-state index in [1.54, 1.807) is 25.3 Å². The normalized spacial score (nSPS) is 16.4. The highest BCUT2D eigenvalue weighted by Crippen LogP contribution is 2.35. The first-order chi connectivity index (χ1) is 14.4. The van der Waals surface area contributed by atoms with E-state index in [0.29, 0.717) is 10.6 Å². The van der Waals surface area contributed by atoms with Crippen molar-refractivity contribution in [1.82, 2.24) is 8.87 Å². The van der Waals surface area contributed by atoms with Crippen molar-refractivity contribution in [2.24, 2.45) is 0 Å². The number of aromatic nitrogens is 1. The lowest BCUT2D eigenvalue weighted by atomic mass is 10.2. The van der Waals surface area contributed by atoms with Gasteiger partial charge in [-0.15, -0.1) is 0 Å². The van der Waals surface area contributed by atoms with Gasteiger partial charge in [0.05, 0.1) is 19.0 Å². The molecular weight excluding hydrogens is 415 g/mol. The van der Waals surface area contributed by atoms with E-state index in [1.165, 1.54) is 10.0 Å². The fraction of sp³-hybridized carbons (Fsp3) is 0.333. The molecule has 2 aromatic carbocycles. The van der Waals surface area contributed by atoms with E-state index < -0.39 is 23.6 Å². The zero-order valence-corrected chi connectivity index (χ0v) is 17.5. The molecule has 0 saturated carbocycles. The topological polar surface area (TPSA) is 43.7 Å². The molecule has 0 amide bonds. The number of likely N-dealkylation sites (N-methyl/N-ethyl adjacent to an activating group) is 1. The SMILES string of the molecule is COc1ccc([S+]([O-])n2cc(C(F)F)c3ccc(F)cc32)cc1N1CCN(C)CC1. The van der Waals surface area contributed by atoms with Gasteiger partial charge in [0, 0.05) is 49.3 Å². The van der Waals surface area contributed by atoms with E-state index in [1.807, 2.05) is 0 Å². The van der Waals surface area contributed by atoms with Crippen LogP contribution < -0.4 is 9.64 Å². The third kappa shape index (κ3) is 3.84. The molecule has 0 aliphatic carbocycles. The van der Waals surface area contributed by atoms with E-state index in [4.69, 9.17) is 4.74 Å². The van der Waals surface area contributed by atoms with Crippen molar-refractivity contribution in [1.29, 1.82) is 0 Å². The lowest BCUT2D eigenvalue weighted by molar-refractivity contribution is 0.153. The maximum Gasteiger partial charge on any atom is 0.266 e. The molecule has 30 heavy (non-hydrogen) atoms. The van der Waals surface area contributed by atoms with Crippen LogP contribution in [0.15, 0.2) is 47.5 Å². The number of ether oxygens (including phenoxy) is 1. The van der Waals surface area contributed by atoms with Crippen LogP contribution in [0.2, 0.25) is 0 Å². The van der Waals surface area contributed by atoms with Crippen LogP contribution >= 0.6 is 0 Å². The summed E-state index contributed by atoms with van der Waals surface area (Å²) in [6.45, 7) is 3.34. The van der Waals surface area contributed by atoms with Crippen molar-refractivity contribution in [2.45, 2.75) is 11.3 Å². The van der Waals surface area contributed by atoms with Gasteiger partial charge < -0.3 is 19.1 Å². The Morgan fingerprint density at radius 1 is 1.07 bits per heavy atom. The van der Waals surface area contributed by atoms with Crippen molar-refractivity contribution < 1.29 is 22.5 Å². The number of rotatable bonds is 5. The molecule has 1 unspecified atom stereocenters. The molecule has 2 heterocycles. The molecular formula is C21H22F3N3O2S. The van der Waals surface area contributed by atoms with Crippen molar-refractivity contribution in [3.05, 3.63) is 54.0 Å². The van der Waals surface area contributed by atoms with Crippen LogP contribution in [-0.2, 0) is 11.4 Å². The number of halogens is 3. The molecule has 1 aliphatic heterocycles. The fourth-order valence-electron chi connectivity index (χ4n) is 3.69. The zero-order chi connectivity index (χ0) is 21.4. The van der Waals surface area contributed by atoms with Crippen LogP contribution in [0.4, 0.5) is 18.9 Å². The van der Waals surface area contributed by atoms with Crippen LogP contribution in [0.1, 0.15) is 12.0 Å². The number of hydrogen-bond acceptors (Lipinski definition) is 4. The van der Waals surface area contributed by atoms with Gasteiger partial charge in [0.1, 0.15) is 28.4 Å². The average molecular weight is 437 g/mol. The number of alkyl halides is 2. The highest BCUT2D eigenvalue weighted by atomic mass is 32.2. The first kappa shape index (κ1) is 20.9. The molecule has 0 N–H and O–H groups in total. The Morgan fingerprint density at radius 2 is 1.80 bits per heavy atom. The van der Waals surface area contributed by atoms with Crippen molar-refractivity contribution >= 4 is 28.0 Å². The molecule has 9 heteroatoms. The number of piperazine rings is 1. The van der Waals surface area contributed by atoms with E-state index in [9.17, 15) is 17.7 Å². The van der Waals surface area contributed by atoms with Crippen LogP contribution in [0.5, 0.6) is 5.75 Å². The maximum absolute atomic E-state index is 13.8. The van der Waals surface area contributed by atoms with Gasteiger partial charge in [-0.05, 0) is 31.3 Å². The Bertz CT molecular complexity index is 1050. The highest BCUT2D eigenvalue weighted by molar-refractivity contribution is 7.90. The predicted molar refractivity (Wildman–Crippen MR) is 111 cm³/mol. The summed E-state index contributed by atoms with van der Waals surface area (Å²) in [7, 11) is 3.62. The minimum Gasteiger partial charge on any atom is -0.587 e. The van der Waals surface area contributed by atoms with Crippen LogP contribution in [-0.4, -0.2) is 53.8 Å². The molecule has 1 aliphatic rings. The Morgan fingerprint density at radius 3 is 2.47 bits per heavy atom. The highest BCUT2D eigenvalue weighted by Gasteiger charge is 2.26. The van der Waals surface area contributed by atoms with Gasteiger partial charge in [0.15, 0.2) is 4.90 Å². The van der Waals surface area contributed by atoms with Gasteiger partial charge in [0.25, 0.3) is 6.43 Å². The molecule has 1 fully saturated rings. The Hall–Kier alpha value is -2.36. The van der Waals surface area contributed by atoms with Crippen molar-refractivity contribution in [2.75, 3.05) is 45.2 Å². The summed E-state index contributed by atoms with van der Waals surface area (Å²) in [4.78, 5) is 4.79. The summed E-state index contributed by atoms with van der Waals surface area (Å²) in [5.41, 5.74) is 0.694. The number of fused-ring (bicyclic) bond motifs is 1. The largest absolute Gasteiger partial charge is 0.587 e. The summed E-state index contributed by atoms with van der Waals surface area (Å²) >= 11 is -1.83. The summed E-state index contributed by atoms with van der Waals surface area (Å²) in [6.07, 6.45) is -1.61. The van der Waals surface area contributed by atoms with Gasteiger partial charge in [-0.2, -0.15) is 3.97 Å². The molecule has 1 aromatic heterocycles. The van der Waals surface area contributed by atoms with E-state index in [0.717, 1.165) is 50.2 Å². The molecule has 160 valence electrons. The van der Waals surface area contributed by atoms with Gasteiger partial charge in [0.2, 0.25) is 0 Å². The third-order valence-electron chi connectivity index (χ3n) is 5.37. The smallest absolute Gasteiger partial charge is 0.266 e. The third-order valence-corrected chi connectivity index (χ3v) is 6.69. The number of benzene rings is 2. The van der Waals surface area contributed by atoms with Gasteiger partial charge >= 0.3 is 0 Å². The summed E-state index contributed by atoms with van der Waals surface area (Å²) < 4.78 is 60.8. The number of nitrogens with zero attached hydrogens (tertiary/aromatic N) is 3. The Kier molecular flexibility index (Phi) is 5.86. The zero-order valence-electron chi connectivity index (χ0n) is 16.6. The molecule has 5 nitrogen and oxygen atoms in total. The van der Waals surface area contributed by atoms with Gasteiger partial charge in [-0.25, -0.2) is 13.2 Å². The van der Waals surface area contributed by atoms with E-state index in [-0.39, 0.29) is 16.5 Å². The Balaban J connectivity index is 1.76. The first-order valence-electron chi connectivity index (χ1n) is 9.51. The number of methoxy groups -OCH3 is 1. The monoisotopic (exact) mass is 437 g/mol. The fourth-order valence-corrected chi connectivity index (χ4v) is 4.86. The van der Waals surface area contributed by atoms with Gasteiger partial charge in [-0.1, -0.05) is 0 Å².